The Morgan fingerprint density at radius 2 is 1.48 bits per heavy atom. The Morgan fingerprint density at radius 3 is 2.33 bits per heavy atom. The zero-order valence-corrected chi connectivity index (χ0v) is 14.3. The molecule has 0 amide bonds. The highest BCUT2D eigenvalue weighted by Gasteiger charge is 2.22. The van der Waals surface area contributed by atoms with E-state index < -0.39 is 0 Å². The summed E-state index contributed by atoms with van der Waals surface area (Å²) in [6, 6.07) is 19.5. The smallest absolute Gasteiger partial charge is 0.163 e. The Morgan fingerprint density at radius 1 is 0.667 bits per heavy atom. The van der Waals surface area contributed by atoms with Crippen molar-refractivity contribution >= 4 is 10.9 Å². The van der Waals surface area contributed by atoms with E-state index in [0.29, 0.717) is 11.6 Å². The van der Waals surface area contributed by atoms with Gasteiger partial charge in [-0.1, -0.05) is 30.3 Å². The van der Waals surface area contributed by atoms with Gasteiger partial charge in [-0.15, -0.1) is 0 Å². The summed E-state index contributed by atoms with van der Waals surface area (Å²) in [7, 11) is 0. The molecular formula is C22H14N4O. The molecule has 5 nitrogen and oxygen atoms in total. The molecule has 0 atom stereocenters. The predicted molar refractivity (Wildman–Crippen MR) is 104 cm³/mol. The van der Waals surface area contributed by atoms with Crippen LogP contribution in [0.25, 0.3) is 45.0 Å². The SMILES string of the molecule is c1ccc(-c2coc(-c3ccc4ccccc4n3)c2-c2ncccn2)nc1. The normalized spacial score (nSPS) is 11.0. The molecule has 0 spiro atoms. The van der Waals surface area contributed by atoms with E-state index >= 15 is 0 Å². The fourth-order valence-electron chi connectivity index (χ4n) is 3.10. The van der Waals surface area contributed by atoms with E-state index in [1.165, 1.54) is 0 Å². The number of fused-ring (bicyclic) bond motifs is 1. The summed E-state index contributed by atoms with van der Waals surface area (Å²) < 4.78 is 5.96. The van der Waals surface area contributed by atoms with Crippen molar-refractivity contribution in [1.29, 1.82) is 0 Å². The standard InChI is InChI=1S/C22H14N4O/c1-2-7-17-15(6-1)9-10-19(26-17)21-20(22-24-12-5-13-25-22)16(14-27-21)18-8-3-4-11-23-18/h1-14H. The molecule has 0 aliphatic rings. The van der Waals surface area contributed by atoms with Crippen LogP contribution in [0.2, 0.25) is 0 Å². The molecule has 0 aliphatic carbocycles. The van der Waals surface area contributed by atoms with E-state index in [4.69, 9.17) is 9.40 Å². The summed E-state index contributed by atoms with van der Waals surface area (Å²) in [5, 5.41) is 1.08. The number of para-hydroxylation sites is 1. The molecule has 0 radical (unpaired) electrons. The molecule has 0 saturated heterocycles. The summed E-state index contributed by atoms with van der Waals surface area (Å²) in [5.74, 6) is 1.21. The number of aromatic nitrogens is 4. The van der Waals surface area contributed by atoms with Gasteiger partial charge in [0.25, 0.3) is 0 Å². The quantitative estimate of drug-likeness (QED) is 0.457. The van der Waals surface area contributed by atoms with Gasteiger partial charge in [-0.2, -0.15) is 0 Å². The molecule has 0 aliphatic heterocycles. The third kappa shape index (κ3) is 2.75. The summed E-state index contributed by atoms with van der Waals surface area (Å²) in [6.07, 6.45) is 6.89. The number of nitrogens with zero attached hydrogens (tertiary/aromatic N) is 4. The average molecular weight is 350 g/mol. The van der Waals surface area contributed by atoms with Crippen LogP contribution in [0.3, 0.4) is 0 Å². The molecule has 5 heteroatoms. The zero-order valence-electron chi connectivity index (χ0n) is 14.3. The predicted octanol–water partition coefficient (Wildman–Crippen LogP) is 5.01. The van der Waals surface area contributed by atoms with Gasteiger partial charge in [0.15, 0.2) is 11.6 Å². The fraction of sp³-hybridized carbons (Fsp3) is 0. The Bertz CT molecular complexity index is 1220. The van der Waals surface area contributed by atoms with Gasteiger partial charge in [-0.25, -0.2) is 15.0 Å². The minimum Gasteiger partial charge on any atom is -0.461 e. The molecule has 0 fully saturated rings. The summed E-state index contributed by atoms with van der Waals surface area (Å²) >= 11 is 0. The van der Waals surface area contributed by atoms with Crippen LogP contribution in [0.4, 0.5) is 0 Å². The van der Waals surface area contributed by atoms with Crippen LogP contribution in [-0.2, 0) is 0 Å². The Balaban J connectivity index is 1.76. The Labute approximate surface area is 155 Å². The molecule has 27 heavy (non-hydrogen) atoms. The summed E-state index contributed by atoms with van der Waals surface area (Å²) in [5.41, 5.74) is 4.07. The van der Waals surface area contributed by atoms with Gasteiger partial charge < -0.3 is 4.42 Å². The van der Waals surface area contributed by atoms with Gasteiger partial charge in [0, 0.05) is 24.0 Å². The maximum Gasteiger partial charge on any atom is 0.163 e. The molecule has 5 rings (SSSR count). The number of rotatable bonds is 3. The summed E-state index contributed by atoms with van der Waals surface area (Å²) in [6.45, 7) is 0. The lowest BCUT2D eigenvalue weighted by Crippen LogP contribution is -1.92. The molecule has 0 unspecified atom stereocenters. The van der Waals surface area contributed by atoms with E-state index in [-0.39, 0.29) is 0 Å². The molecule has 0 N–H and O–H groups in total. The lowest BCUT2D eigenvalue weighted by Gasteiger charge is -2.05. The third-order valence-electron chi connectivity index (χ3n) is 4.35. The monoisotopic (exact) mass is 350 g/mol. The maximum atomic E-state index is 5.96. The van der Waals surface area contributed by atoms with Crippen LogP contribution in [-0.4, -0.2) is 19.9 Å². The number of hydrogen-bond donors (Lipinski definition) is 0. The first-order valence-corrected chi connectivity index (χ1v) is 8.56. The van der Waals surface area contributed by atoms with Gasteiger partial charge in [0.1, 0.15) is 12.0 Å². The van der Waals surface area contributed by atoms with Crippen LogP contribution < -0.4 is 0 Å². The zero-order chi connectivity index (χ0) is 18.1. The highest BCUT2D eigenvalue weighted by Crippen LogP contribution is 2.39. The molecule has 5 aromatic rings. The minimum atomic E-state index is 0.580. The fourth-order valence-corrected chi connectivity index (χ4v) is 3.10. The molecule has 4 heterocycles. The lowest BCUT2D eigenvalue weighted by atomic mass is 10.0. The average Bonchev–Trinajstić information content (AvgIpc) is 3.20. The van der Waals surface area contributed by atoms with Crippen molar-refractivity contribution in [2.24, 2.45) is 0 Å². The van der Waals surface area contributed by atoms with Crippen LogP contribution in [0.1, 0.15) is 0 Å². The maximum absolute atomic E-state index is 5.96. The molecule has 128 valence electrons. The van der Waals surface area contributed by atoms with Gasteiger partial charge in [-0.05, 0) is 30.3 Å². The van der Waals surface area contributed by atoms with Crippen molar-refractivity contribution in [3.05, 3.63) is 85.5 Å². The van der Waals surface area contributed by atoms with Crippen LogP contribution in [0, 0.1) is 0 Å². The van der Waals surface area contributed by atoms with E-state index in [1.54, 1.807) is 30.9 Å². The van der Waals surface area contributed by atoms with E-state index in [1.807, 2.05) is 54.6 Å². The van der Waals surface area contributed by atoms with Gasteiger partial charge in [0.05, 0.1) is 22.3 Å². The van der Waals surface area contributed by atoms with Crippen molar-refractivity contribution in [3.8, 4) is 34.1 Å². The van der Waals surface area contributed by atoms with E-state index in [0.717, 1.165) is 33.4 Å². The molecule has 0 saturated carbocycles. The minimum absolute atomic E-state index is 0.580. The van der Waals surface area contributed by atoms with Gasteiger partial charge >= 0.3 is 0 Å². The second-order valence-electron chi connectivity index (χ2n) is 6.03. The first kappa shape index (κ1) is 15.4. The lowest BCUT2D eigenvalue weighted by molar-refractivity contribution is 0.581. The van der Waals surface area contributed by atoms with Crippen LogP contribution in [0.5, 0.6) is 0 Å². The van der Waals surface area contributed by atoms with E-state index in [2.05, 4.69) is 15.0 Å². The second kappa shape index (κ2) is 6.46. The van der Waals surface area contributed by atoms with Crippen LogP contribution in [0.15, 0.2) is 89.9 Å². The topological polar surface area (TPSA) is 64.7 Å². The molecule has 4 aromatic heterocycles. The van der Waals surface area contributed by atoms with Crippen molar-refractivity contribution in [3.63, 3.8) is 0 Å². The van der Waals surface area contributed by atoms with Gasteiger partial charge in [-0.3, -0.25) is 4.98 Å². The Kier molecular flexibility index (Phi) is 3.68. The largest absolute Gasteiger partial charge is 0.461 e. The second-order valence-corrected chi connectivity index (χ2v) is 6.03. The number of benzene rings is 1. The van der Waals surface area contributed by atoms with Crippen molar-refractivity contribution < 1.29 is 4.42 Å². The Hall–Kier alpha value is -3.86. The van der Waals surface area contributed by atoms with Crippen molar-refractivity contribution in [1.82, 2.24) is 19.9 Å². The highest BCUT2D eigenvalue weighted by atomic mass is 16.3. The summed E-state index contributed by atoms with van der Waals surface area (Å²) in [4.78, 5) is 18.1. The van der Waals surface area contributed by atoms with Crippen molar-refractivity contribution in [2.75, 3.05) is 0 Å². The molecule has 1 aromatic carbocycles. The van der Waals surface area contributed by atoms with Crippen molar-refractivity contribution in [2.45, 2.75) is 0 Å². The molecular weight excluding hydrogens is 336 g/mol. The molecule has 0 bridgehead atoms. The first-order valence-electron chi connectivity index (χ1n) is 8.56. The first-order chi connectivity index (χ1) is 13.4. The van der Waals surface area contributed by atoms with Crippen LogP contribution >= 0.6 is 0 Å². The third-order valence-corrected chi connectivity index (χ3v) is 4.35. The number of hydrogen-bond acceptors (Lipinski definition) is 5. The number of pyridine rings is 2. The van der Waals surface area contributed by atoms with E-state index in [9.17, 15) is 0 Å². The van der Waals surface area contributed by atoms with Gasteiger partial charge in [0.2, 0.25) is 0 Å². The highest BCUT2D eigenvalue weighted by molar-refractivity contribution is 5.90. The number of furan rings is 1.